The van der Waals surface area contributed by atoms with Crippen LogP contribution in [0, 0.1) is 52.3 Å². The van der Waals surface area contributed by atoms with E-state index in [2.05, 4.69) is 39.8 Å². The number of allylic oxidation sites excluding steroid dienone is 1. The van der Waals surface area contributed by atoms with Crippen molar-refractivity contribution < 1.29 is 23.8 Å². The Hall–Kier alpha value is -1.76. The highest BCUT2D eigenvalue weighted by atomic mass is 16.6. The Morgan fingerprint density at radius 3 is 2.29 bits per heavy atom. The maximum Gasteiger partial charge on any atom is 0.316 e. The number of carbonyl (C=O) groups is 2. The second kappa shape index (κ2) is 9.71. The van der Waals surface area contributed by atoms with Crippen LogP contribution in [0.3, 0.4) is 0 Å². The topological polar surface area (TPSA) is 91.3 Å². The average Bonchev–Trinajstić information content (AvgIpc) is 3.07. The molecule has 0 aromatic carbocycles. The van der Waals surface area contributed by atoms with Gasteiger partial charge in [0.2, 0.25) is 0 Å². The van der Waals surface area contributed by atoms with Gasteiger partial charge in [0.15, 0.2) is 5.60 Å². The summed E-state index contributed by atoms with van der Waals surface area (Å²) in [5, 5.41) is 3.29. The van der Waals surface area contributed by atoms with E-state index in [1.54, 1.807) is 7.11 Å². The molecule has 7 heteroatoms. The predicted molar refractivity (Wildman–Crippen MR) is 129 cm³/mol. The second-order valence-electron chi connectivity index (χ2n) is 11.7. The van der Waals surface area contributed by atoms with Crippen LogP contribution < -0.4 is 0 Å². The van der Waals surface area contributed by atoms with Crippen LogP contribution in [0.4, 0.5) is 0 Å². The zero-order chi connectivity index (χ0) is 25.6. The zero-order valence-corrected chi connectivity index (χ0v) is 22.3. The molecular formula is C27H43NO6. The van der Waals surface area contributed by atoms with Crippen molar-refractivity contribution in [2.24, 2.45) is 52.5 Å². The molecule has 0 N–H and O–H groups in total. The molecule has 0 radical (unpaired) electrons. The van der Waals surface area contributed by atoms with Crippen LogP contribution in [0.5, 0.6) is 0 Å². The molecule has 0 spiro atoms. The molecule has 34 heavy (non-hydrogen) atoms. The second-order valence-corrected chi connectivity index (χ2v) is 11.7. The summed E-state index contributed by atoms with van der Waals surface area (Å²) >= 11 is 0. The molecular weight excluding hydrogens is 434 g/mol. The Kier molecular flexibility index (Phi) is 7.66. The zero-order valence-electron chi connectivity index (χ0n) is 22.3. The summed E-state index contributed by atoms with van der Waals surface area (Å²) in [5.41, 5.74) is -1.19. The Labute approximate surface area is 204 Å². The molecule has 3 aliphatic rings. The van der Waals surface area contributed by atoms with E-state index >= 15 is 0 Å². The summed E-state index contributed by atoms with van der Waals surface area (Å²) in [4.78, 5) is 38.2. The third-order valence-corrected chi connectivity index (χ3v) is 9.62. The van der Waals surface area contributed by atoms with E-state index in [9.17, 15) is 14.5 Å². The van der Waals surface area contributed by atoms with Crippen LogP contribution in [-0.4, -0.2) is 36.4 Å². The first-order chi connectivity index (χ1) is 15.8. The monoisotopic (exact) mass is 477 g/mol. The molecule has 0 amide bonds. The van der Waals surface area contributed by atoms with E-state index in [1.165, 1.54) is 0 Å². The number of nitroso groups, excluding NO2 is 1. The molecule has 11 atom stereocenters. The van der Waals surface area contributed by atoms with Crippen LogP contribution in [0.15, 0.2) is 16.9 Å². The highest BCUT2D eigenvalue weighted by Gasteiger charge is 2.63. The third kappa shape index (κ3) is 4.33. The smallest absolute Gasteiger partial charge is 0.316 e. The number of rotatable bonds is 3. The molecule has 11 unspecified atom stereocenters. The number of nitrogens with zero attached hydrogens (tertiary/aromatic N) is 1. The number of cyclic esters (lactones) is 1. The summed E-state index contributed by atoms with van der Waals surface area (Å²) in [6, 6.07) is 0. The molecule has 2 heterocycles. The first-order valence-corrected chi connectivity index (χ1v) is 12.9. The van der Waals surface area contributed by atoms with Crippen LogP contribution in [0.2, 0.25) is 0 Å². The minimum Gasteiger partial charge on any atom is -0.458 e. The summed E-state index contributed by atoms with van der Waals surface area (Å²) < 4.78 is 18.2. The molecule has 0 aromatic rings. The van der Waals surface area contributed by atoms with E-state index in [0.717, 1.165) is 6.42 Å². The van der Waals surface area contributed by atoms with Crippen LogP contribution in [-0.2, 0) is 23.8 Å². The van der Waals surface area contributed by atoms with E-state index in [4.69, 9.17) is 14.2 Å². The highest BCUT2D eigenvalue weighted by Crippen LogP contribution is 2.55. The van der Waals surface area contributed by atoms with Gasteiger partial charge in [0.1, 0.15) is 12.0 Å². The molecule has 0 aromatic heterocycles. The van der Waals surface area contributed by atoms with Crippen LogP contribution in [0.25, 0.3) is 0 Å². The number of hydrogen-bond acceptors (Lipinski definition) is 7. The minimum absolute atomic E-state index is 0.00910. The van der Waals surface area contributed by atoms with Crippen LogP contribution >= 0.6 is 0 Å². The van der Waals surface area contributed by atoms with Gasteiger partial charge >= 0.3 is 11.9 Å². The van der Waals surface area contributed by atoms with Gasteiger partial charge in [-0.1, -0.05) is 47.6 Å². The van der Waals surface area contributed by atoms with Gasteiger partial charge in [-0.15, -0.1) is 4.91 Å². The lowest BCUT2D eigenvalue weighted by Crippen LogP contribution is -2.53. The molecule has 1 aliphatic carbocycles. The number of methoxy groups -OCH3 is 1. The van der Waals surface area contributed by atoms with Gasteiger partial charge in [0.25, 0.3) is 0 Å². The SMILES string of the molecule is CCC1OC(=O)C(C)CC(C)C(C)C(C)(OC)CC(C)C2C=C(N=O)C3C(=O)OC1(C)C3C2C. The van der Waals surface area contributed by atoms with Gasteiger partial charge in [0, 0.05) is 13.0 Å². The summed E-state index contributed by atoms with van der Waals surface area (Å²) in [6.07, 6.45) is 3.28. The molecule has 3 rings (SSSR count). The van der Waals surface area contributed by atoms with Gasteiger partial charge in [-0.3, -0.25) is 9.59 Å². The van der Waals surface area contributed by atoms with Crippen molar-refractivity contribution in [2.45, 2.75) is 92.0 Å². The molecule has 2 bridgehead atoms. The van der Waals surface area contributed by atoms with E-state index < -0.39 is 29.2 Å². The van der Waals surface area contributed by atoms with Crippen molar-refractivity contribution in [2.75, 3.05) is 7.11 Å². The number of hydrogen-bond donors (Lipinski definition) is 0. The molecule has 0 saturated carbocycles. The standard InChI is InChI=1S/C27H43NO6/c1-10-21-27(8)23-17(5)19(12-20(28-31)22(23)25(30)34-27)16(4)13-26(7,32-9)18(6)14(2)11-15(3)24(29)33-21/h12,14-19,21-23H,10-11,13H2,1-9H3. The molecule has 7 nitrogen and oxygen atoms in total. The number of ether oxygens (including phenoxy) is 3. The maximum absolute atomic E-state index is 13.2. The number of fused-ring (bicyclic) bond motifs is 1. The Morgan fingerprint density at radius 1 is 1.09 bits per heavy atom. The Bertz CT molecular complexity index is 841. The van der Waals surface area contributed by atoms with Gasteiger partial charge in [-0.05, 0) is 67.9 Å². The van der Waals surface area contributed by atoms with E-state index in [-0.39, 0.29) is 53.1 Å². The van der Waals surface area contributed by atoms with Gasteiger partial charge in [-0.2, -0.15) is 0 Å². The highest BCUT2D eigenvalue weighted by molar-refractivity contribution is 5.80. The third-order valence-electron chi connectivity index (χ3n) is 9.62. The fourth-order valence-corrected chi connectivity index (χ4v) is 7.25. The minimum atomic E-state index is -1.03. The summed E-state index contributed by atoms with van der Waals surface area (Å²) in [7, 11) is 1.75. The fraction of sp³-hybridized carbons (Fsp3) is 0.852. The summed E-state index contributed by atoms with van der Waals surface area (Å²) in [6.45, 7) is 16.5. The quantitative estimate of drug-likeness (QED) is 0.393. The lowest BCUT2D eigenvalue weighted by Gasteiger charge is -2.47. The van der Waals surface area contributed by atoms with Crippen molar-refractivity contribution in [3.63, 3.8) is 0 Å². The first kappa shape index (κ1) is 26.8. The maximum atomic E-state index is 13.2. The lowest BCUT2D eigenvalue weighted by atomic mass is 9.59. The molecule has 2 fully saturated rings. The average molecular weight is 478 g/mol. The number of carbonyl (C=O) groups excluding carboxylic acids is 2. The molecule has 2 saturated heterocycles. The molecule has 2 aliphatic heterocycles. The first-order valence-electron chi connectivity index (χ1n) is 12.9. The largest absolute Gasteiger partial charge is 0.458 e. The fourth-order valence-electron chi connectivity index (χ4n) is 7.25. The van der Waals surface area contributed by atoms with Gasteiger partial charge in [0.05, 0.1) is 17.2 Å². The van der Waals surface area contributed by atoms with Crippen molar-refractivity contribution in [1.82, 2.24) is 0 Å². The van der Waals surface area contributed by atoms with Gasteiger partial charge in [-0.25, -0.2) is 0 Å². The predicted octanol–water partition coefficient (Wildman–Crippen LogP) is 5.52. The van der Waals surface area contributed by atoms with E-state index in [1.807, 2.05) is 26.8 Å². The van der Waals surface area contributed by atoms with E-state index in [0.29, 0.717) is 12.8 Å². The van der Waals surface area contributed by atoms with Crippen molar-refractivity contribution >= 4 is 11.9 Å². The van der Waals surface area contributed by atoms with Crippen LogP contribution in [0.1, 0.15) is 74.7 Å². The van der Waals surface area contributed by atoms with Crippen molar-refractivity contribution in [3.8, 4) is 0 Å². The summed E-state index contributed by atoms with van der Waals surface area (Å²) in [5.74, 6) is -1.44. The molecule has 192 valence electrons. The number of esters is 2. The Morgan fingerprint density at radius 2 is 1.74 bits per heavy atom. The van der Waals surface area contributed by atoms with Crippen molar-refractivity contribution in [1.29, 1.82) is 0 Å². The Balaban J connectivity index is 2.16. The lowest BCUT2D eigenvalue weighted by molar-refractivity contribution is -0.184. The normalized spacial score (nSPS) is 47.8. The van der Waals surface area contributed by atoms with Crippen molar-refractivity contribution in [3.05, 3.63) is 16.7 Å². The van der Waals surface area contributed by atoms with Gasteiger partial charge < -0.3 is 14.2 Å².